The van der Waals surface area contributed by atoms with E-state index in [1.807, 2.05) is 0 Å². The number of carbonyl (C=O) groups is 1. The molecule has 36 heavy (non-hydrogen) atoms. The lowest BCUT2D eigenvalue weighted by Crippen LogP contribution is -2.43. The van der Waals surface area contributed by atoms with Gasteiger partial charge in [0.25, 0.3) is 10.0 Å². The van der Waals surface area contributed by atoms with Gasteiger partial charge in [0.15, 0.2) is 11.5 Å². The van der Waals surface area contributed by atoms with Crippen molar-refractivity contribution in [2.24, 2.45) is 0 Å². The number of likely N-dealkylation sites (N-methyl/N-ethyl adjacent to an activating group) is 1. The second-order valence-electron chi connectivity index (χ2n) is 7.85. The minimum Gasteiger partial charge on any atom is -0.493 e. The minimum absolute atomic E-state index is 0.136. The number of halogens is 4. The van der Waals surface area contributed by atoms with E-state index in [0.29, 0.717) is 12.6 Å². The molecule has 14 heteroatoms. The molecule has 0 radical (unpaired) electrons. The number of carbonyl (C=O) groups excluding carboxylic acids is 1. The molecule has 1 fully saturated rings. The van der Waals surface area contributed by atoms with E-state index in [4.69, 9.17) is 18.9 Å². The highest BCUT2D eigenvalue weighted by Crippen LogP contribution is 2.40. The zero-order valence-electron chi connectivity index (χ0n) is 19.7. The standard InChI is InChI=1S/C22H24BrF3N2O7S/c1-28-8-7-15(20(28)21(29)34-4)35-16-9-12(5-6-13(16)22(24,25)26)27-36(30,31)19-11-18(33-3)17(32-2)10-14(19)23/h5-6,9-11,15,20,27H,7-8H2,1-4H3/t15-,20+/m1/s1. The summed E-state index contributed by atoms with van der Waals surface area (Å²) in [5.41, 5.74) is -1.29. The summed E-state index contributed by atoms with van der Waals surface area (Å²) in [4.78, 5) is 13.6. The maximum atomic E-state index is 13.7. The van der Waals surface area contributed by atoms with E-state index < -0.39 is 45.6 Å². The molecule has 3 rings (SSSR count). The van der Waals surface area contributed by atoms with E-state index in [0.717, 1.165) is 12.1 Å². The van der Waals surface area contributed by atoms with Gasteiger partial charge in [-0.05, 0) is 47.6 Å². The van der Waals surface area contributed by atoms with Gasteiger partial charge in [0, 0.05) is 23.2 Å². The molecule has 0 aromatic heterocycles. The predicted octanol–water partition coefficient (Wildman–Crippen LogP) is 3.91. The van der Waals surface area contributed by atoms with Crippen LogP contribution in [-0.4, -0.2) is 66.4 Å². The minimum atomic E-state index is -4.79. The van der Waals surface area contributed by atoms with Crippen LogP contribution in [0.1, 0.15) is 12.0 Å². The van der Waals surface area contributed by atoms with E-state index in [1.54, 1.807) is 11.9 Å². The molecule has 0 unspecified atom stereocenters. The lowest BCUT2D eigenvalue weighted by molar-refractivity contribution is -0.148. The Bertz CT molecular complexity index is 1240. The molecular weight excluding hydrogens is 573 g/mol. The van der Waals surface area contributed by atoms with E-state index in [9.17, 15) is 26.4 Å². The van der Waals surface area contributed by atoms with E-state index >= 15 is 0 Å². The van der Waals surface area contributed by atoms with Crippen LogP contribution >= 0.6 is 15.9 Å². The third-order valence-electron chi connectivity index (χ3n) is 5.58. The van der Waals surface area contributed by atoms with Crippen LogP contribution in [0.5, 0.6) is 17.2 Å². The highest BCUT2D eigenvalue weighted by atomic mass is 79.9. The molecule has 0 spiro atoms. The Morgan fingerprint density at radius 1 is 1.08 bits per heavy atom. The highest BCUT2D eigenvalue weighted by molar-refractivity contribution is 9.10. The number of hydrogen-bond donors (Lipinski definition) is 1. The van der Waals surface area contributed by atoms with Gasteiger partial charge in [-0.2, -0.15) is 13.2 Å². The number of hydrogen-bond acceptors (Lipinski definition) is 8. The number of esters is 1. The topological polar surface area (TPSA) is 103 Å². The van der Waals surface area contributed by atoms with Crippen molar-refractivity contribution in [2.75, 3.05) is 39.6 Å². The Labute approximate surface area is 214 Å². The zero-order valence-corrected chi connectivity index (χ0v) is 22.1. The van der Waals surface area contributed by atoms with Crippen LogP contribution in [0.2, 0.25) is 0 Å². The number of benzene rings is 2. The van der Waals surface area contributed by atoms with Crippen molar-refractivity contribution < 1.29 is 45.3 Å². The number of sulfonamides is 1. The number of anilines is 1. The fourth-order valence-electron chi connectivity index (χ4n) is 3.82. The molecule has 0 saturated carbocycles. The molecule has 1 heterocycles. The fraction of sp³-hybridized carbons (Fsp3) is 0.409. The number of ether oxygens (including phenoxy) is 4. The number of nitrogens with one attached hydrogen (secondary N) is 1. The van der Waals surface area contributed by atoms with Crippen LogP contribution < -0.4 is 18.9 Å². The van der Waals surface area contributed by atoms with Crippen molar-refractivity contribution in [3.63, 3.8) is 0 Å². The summed E-state index contributed by atoms with van der Waals surface area (Å²) < 4.78 is 90.4. The first kappa shape index (κ1) is 27.9. The third-order valence-corrected chi connectivity index (χ3v) is 7.92. The summed E-state index contributed by atoms with van der Waals surface area (Å²) in [6.45, 7) is 0.394. The van der Waals surface area contributed by atoms with Crippen LogP contribution in [0, 0.1) is 0 Å². The van der Waals surface area contributed by atoms with Crippen molar-refractivity contribution in [1.29, 1.82) is 0 Å². The number of likely N-dealkylation sites (tertiary alicyclic amines) is 1. The molecular formula is C22H24BrF3N2O7S. The smallest absolute Gasteiger partial charge is 0.419 e. The molecule has 1 N–H and O–H groups in total. The number of nitrogens with zero attached hydrogens (tertiary/aromatic N) is 1. The van der Waals surface area contributed by atoms with Gasteiger partial charge >= 0.3 is 12.1 Å². The number of alkyl halides is 3. The summed E-state index contributed by atoms with van der Waals surface area (Å²) in [6.07, 6.45) is -5.46. The van der Waals surface area contributed by atoms with Crippen LogP contribution in [-0.2, 0) is 25.7 Å². The Balaban J connectivity index is 1.99. The molecule has 2 atom stereocenters. The van der Waals surface area contributed by atoms with Crippen molar-refractivity contribution >= 4 is 37.6 Å². The maximum absolute atomic E-state index is 13.7. The van der Waals surface area contributed by atoms with Crippen molar-refractivity contribution in [1.82, 2.24) is 4.90 Å². The molecule has 1 saturated heterocycles. The van der Waals surface area contributed by atoms with Crippen LogP contribution in [0.25, 0.3) is 0 Å². The fourth-order valence-corrected chi connectivity index (χ4v) is 5.91. The summed E-state index contributed by atoms with van der Waals surface area (Å²) in [6, 6.07) is 4.30. The maximum Gasteiger partial charge on any atom is 0.419 e. The predicted molar refractivity (Wildman–Crippen MR) is 127 cm³/mol. The van der Waals surface area contributed by atoms with Crippen LogP contribution in [0.4, 0.5) is 18.9 Å². The molecule has 1 aliphatic rings. The molecule has 2 aromatic carbocycles. The third kappa shape index (κ3) is 5.81. The van der Waals surface area contributed by atoms with E-state index in [-0.39, 0.29) is 33.0 Å². The Kier molecular flexibility index (Phi) is 8.30. The lowest BCUT2D eigenvalue weighted by Gasteiger charge is -2.25. The van der Waals surface area contributed by atoms with Gasteiger partial charge in [-0.3, -0.25) is 14.4 Å². The second kappa shape index (κ2) is 10.7. The molecule has 1 aliphatic heterocycles. The normalized spacial score (nSPS) is 18.6. The average Bonchev–Trinajstić information content (AvgIpc) is 3.16. The molecule has 0 aliphatic carbocycles. The summed E-state index contributed by atoms with van der Waals surface area (Å²) in [5, 5.41) is 0. The van der Waals surface area contributed by atoms with Gasteiger partial charge in [-0.15, -0.1) is 0 Å². The summed E-state index contributed by atoms with van der Waals surface area (Å²) in [7, 11) is 1.23. The molecule has 0 bridgehead atoms. The van der Waals surface area contributed by atoms with Gasteiger partial charge in [-0.25, -0.2) is 8.42 Å². The summed E-state index contributed by atoms with van der Waals surface area (Å²) in [5.74, 6) is -0.862. The Morgan fingerprint density at radius 3 is 2.31 bits per heavy atom. The van der Waals surface area contributed by atoms with Crippen molar-refractivity contribution in [3.05, 3.63) is 40.4 Å². The van der Waals surface area contributed by atoms with E-state index in [1.165, 1.54) is 33.5 Å². The monoisotopic (exact) mass is 596 g/mol. The zero-order chi connectivity index (χ0) is 26.8. The van der Waals surface area contributed by atoms with Gasteiger partial charge in [0.05, 0.1) is 32.6 Å². The first-order valence-corrected chi connectivity index (χ1v) is 12.7. The van der Waals surface area contributed by atoms with E-state index in [2.05, 4.69) is 20.7 Å². The highest BCUT2D eigenvalue weighted by Gasteiger charge is 2.42. The van der Waals surface area contributed by atoms with Gasteiger partial charge < -0.3 is 18.9 Å². The Morgan fingerprint density at radius 2 is 1.72 bits per heavy atom. The SMILES string of the molecule is COC(=O)[C@@H]1[C@H](Oc2cc(NS(=O)(=O)c3cc(OC)c(OC)cc3Br)ccc2C(F)(F)F)CCN1C. The quantitative estimate of drug-likeness (QED) is 0.458. The van der Waals surface area contributed by atoms with Crippen LogP contribution in [0.3, 0.4) is 0 Å². The van der Waals surface area contributed by atoms with Crippen molar-refractivity contribution in [2.45, 2.75) is 29.6 Å². The van der Waals surface area contributed by atoms with Gasteiger partial charge in [0.2, 0.25) is 0 Å². The molecule has 0 amide bonds. The van der Waals surface area contributed by atoms with Gasteiger partial charge in [-0.1, -0.05) is 0 Å². The number of methoxy groups -OCH3 is 3. The molecule has 2 aromatic rings. The summed E-state index contributed by atoms with van der Waals surface area (Å²) >= 11 is 3.17. The van der Waals surface area contributed by atoms with Gasteiger partial charge in [0.1, 0.15) is 22.8 Å². The Hall–Kier alpha value is -2.71. The largest absolute Gasteiger partial charge is 0.493 e. The molecule has 9 nitrogen and oxygen atoms in total. The second-order valence-corrected chi connectivity index (χ2v) is 10.4. The lowest BCUT2D eigenvalue weighted by atomic mass is 10.1. The first-order valence-electron chi connectivity index (χ1n) is 10.4. The average molecular weight is 597 g/mol. The van der Waals surface area contributed by atoms with Crippen molar-refractivity contribution in [3.8, 4) is 17.2 Å². The number of rotatable bonds is 8. The van der Waals surface area contributed by atoms with Crippen LogP contribution in [0.15, 0.2) is 39.7 Å². The molecule has 198 valence electrons. The first-order chi connectivity index (χ1) is 16.8.